The molecule has 0 amide bonds. The number of rotatable bonds is 0. The van der Waals surface area contributed by atoms with E-state index in [1.807, 2.05) is 0 Å². The summed E-state index contributed by atoms with van der Waals surface area (Å²) in [5.74, 6) is 0. The van der Waals surface area contributed by atoms with E-state index in [0.717, 1.165) is 0 Å². The molecule has 0 heterocycles. The molecule has 4 heavy (non-hydrogen) atoms. The van der Waals surface area contributed by atoms with Crippen LogP contribution in [0.3, 0.4) is 0 Å². The summed E-state index contributed by atoms with van der Waals surface area (Å²) >= 11 is 0.300. The van der Waals surface area contributed by atoms with Crippen LogP contribution in [0.4, 0.5) is 0 Å². The number of hydrogen-bond donors (Lipinski definition) is 0. The maximum Gasteiger partial charge on any atom is 0 e. The van der Waals surface area contributed by atoms with Crippen LogP contribution in [0, 0.1) is 0 Å². The molecule has 4 heteroatoms. The third-order valence-electron chi connectivity index (χ3n) is 0. The second-order valence-corrected chi connectivity index (χ2v) is 0. The molecule has 0 aromatic carbocycles. The predicted octanol–water partition coefficient (Wildman–Crippen LogP) is -1.26. The molecule has 0 atom stereocenters. The van der Waals surface area contributed by atoms with Crippen molar-refractivity contribution in [3.8, 4) is 0 Å². The zero-order valence-corrected chi connectivity index (χ0v) is 11.1. The quantitative estimate of drug-likeness (QED) is 0.410. The monoisotopic (exact) mass is 465 g/mol. The van der Waals surface area contributed by atoms with Gasteiger partial charge in [0.2, 0.25) is 0 Å². The summed E-state index contributed by atoms with van der Waals surface area (Å²) in [5.41, 5.74) is 0. The van der Waals surface area contributed by atoms with Gasteiger partial charge in [-0.1, -0.05) is 0 Å². The molecule has 0 rings (SSSR count). The van der Waals surface area contributed by atoms with Gasteiger partial charge in [0.05, 0.1) is 0 Å². The summed E-state index contributed by atoms with van der Waals surface area (Å²) in [7, 11) is 0. The molecule has 0 bridgehead atoms. The molecule has 0 aromatic heterocycles. The van der Waals surface area contributed by atoms with E-state index in [1.54, 1.807) is 0 Å². The molecule has 0 unspecified atom stereocenters. The van der Waals surface area contributed by atoms with Gasteiger partial charge in [-0.2, -0.15) is 0 Å². The first kappa shape index (κ1) is 16.2. The maximum atomic E-state index is 8.34. The van der Waals surface area contributed by atoms with Crippen molar-refractivity contribution in [2.24, 2.45) is 0 Å². The Hall–Kier alpha value is 2.34. The Morgan fingerprint density at radius 2 is 1.25 bits per heavy atom. The van der Waals surface area contributed by atoms with E-state index in [9.17, 15) is 0 Å². The summed E-state index contributed by atoms with van der Waals surface area (Å²) < 4.78 is 8.34. The van der Waals surface area contributed by atoms with Crippen LogP contribution in [-0.2, 0) is 3.08 Å². The van der Waals surface area contributed by atoms with Crippen molar-refractivity contribution < 1.29 is 3.08 Å². The van der Waals surface area contributed by atoms with E-state index in [1.165, 1.54) is 0 Å². The third kappa shape index (κ3) is 8.84. The van der Waals surface area contributed by atoms with Gasteiger partial charge >= 0.3 is 25.6 Å². The molecular formula is OPbSbSn. The fourth-order valence-electron chi connectivity index (χ4n) is 0. The first-order chi connectivity index (χ1) is 1.00. The molecule has 9 radical (unpaired) electrons. The third-order valence-corrected chi connectivity index (χ3v) is 0. The second kappa shape index (κ2) is 18.4. The van der Waals surface area contributed by atoms with Crippen molar-refractivity contribution in [1.29, 1.82) is 0 Å². The van der Waals surface area contributed by atoms with E-state index in [-0.39, 0.29) is 51.7 Å². The first-order valence-electron chi connectivity index (χ1n) is 0.204. The van der Waals surface area contributed by atoms with Crippen LogP contribution in [0.15, 0.2) is 0 Å². The first-order valence-corrected chi connectivity index (χ1v) is 1.37. The Kier molecular flexibility index (Phi) is 74.4. The smallest absolute Gasteiger partial charge is 0 e. The Bertz CT molecular complexity index is 8.00. The van der Waals surface area contributed by atoms with Gasteiger partial charge in [-0.25, -0.2) is 0 Å². The van der Waals surface area contributed by atoms with Gasteiger partial charge in [0.25, 0.3) is 0 Å². The van der Waals surface area contributed by atoms with Gasteiger partial charge in [0.1, 0.15) is 0 Å². The standard InChI is InChI=1S/O.Pb.Sb.Sn. The van der Waals surface area contributed by atoms with Gasteiger partial charge in [-0.05, 0) is 0 Å². The Balaban J connectivity index is -0.00000000500. The molecule has 1 nitrogen and oxygen atoms in total. The van der Waals surface area contributed by atoms with Crippen LogP contribution in [0.25, 0.3) is 0 Å². The average Bonchev–Trinajstić information content (AvgIpc) is 1.00. The van der Waals surface area contributed by atoms with Crippen molar-refractivity contribution in [3.63, 3.8) is 0 Å². The van der Waals surface area contributed by atoms with Crippen LogP contribution in [0.1, 0.15) is 0 Å². The van der Waals surface area contributed by atoms with Crippen LogP contribution in [0.5, 0.6) is 0 Å². The molecule has 0 saturated heterocycles. The molecule has 0 aliphatic heterocycles. The molecular weight excluding hydrogens is 464 g/mol. The van der Waals surface area contributed by atoms with Gasteiger partial charge in [-0.15, -0.1) is 0 Å². The topological polar surface area (TPSA) is 17.1 Å². The summed E-state index contributed by atoms with van der Waals surface area (Å²) in [6.07, 6.45) is 0. The van der Waals surface area contributed by atoms with E-state index in [4.69, 9.17) is 3.08 Å². The normalized spacial score (nSPS) is 1.00. The largest absolute Gasteiger partial charge is 0 e. The van der Waals surface area contributed by atoms with Crippen LogP contribution in [-0.4, -0.2) is 74.2 Å². The summed E-state index contributed by atoms with van der Waals surface area (Å²) in [6.45, 7) is 0. The van der Waals surface area contributed by atoms with Crippen LogP contribution in [0.2, 0.25) is 0 Å². The number of hydrogen-bond acceptors (Lipinski definition) is 1. The molecule has 0 aliphatic rings. The van der Waals surface area contributed by atoms with Crippen molar-refractivity contribution >= 4 is 74.2 Å². The maximum absolute atomic E-state index is 8.34. The van der Waals surface area contributed by atoms with E-state index in [2.05, 4.69) is 0 Å². The zero-order chi connectivity index (χ0) is 2.00. The van der Waals surface area contributed by atoms with Gasteiger partial charge in [0, 0.05) is 51.7 Å². The minimum atomic E-state index is 0. The average molecular weight is 464 g/mol. The SMILES string of the molecule is [O]=[Sn].[Pb].[Sb]. The Morgan fingerprint density at radius 1 is 1.25 bits per heavy atom. The van der Waals surface area contributed by atoms with Gasteiger partial charge in [-0.3, -0.25) is 0 Å². The fraction of sp³-hybridized carbons (Fsp3) is 0. The molecule has 19 valence electrons. The predicted molar refractivity (Wildman–Crippen MR) is 17.9 cm³/mol. The van der Waals surface area contributed by atoms with Crippen molar-refractivity contribution in [2.45, 2.75) is 0 Å². The summed E-state index contributed by atoms with van der Waals surface area (Å²) in [5, 5.41) is 0. The molecule has 0 saturated carbocycles. The van der Waals surface area contributed by atoms with E-state index < -0.39 is 0 Å². The minimum Gasteiger partial charge on any atom is 0 e. The van der Waals surface area contributed by atoms with E-state index in [0.29, 0.717) is 22.5 Å². The molecule has 0 N–H and O–H groups in total. The van der Waals surface area contributed by atoms with Crippen molar-refractivity contribution in [1.82, 2.24) is 0 Å². The van der Waals surface area contributed by atoms with Gasteiger partial charge < -0.3 is 0 Å². The van der Waals surface area contributed by atoms with Gasteiger partial charge in [0.15, 0.2) is 0 Å². The second-order valence-electron chi connectivity index (χ2n) is 0. The van der Waals surface area contributed by atoms with Crippen LogP contribution < -0.4 is 0 Å². The zero-order valence-electron chi connectivity index (χ0n) is 1.86. The fourth-order valence-corrected chi connectivity index (χ4v) is 0. The van der Waals surface area contributed by atoms with Crippen molar-refractivity contribution in [3.05, 3.63) is 0 Å². The van der Waals surface area contributed by atoms with Crippen molar-refractivity contribution in [2.75, 3.05) is 0 Å². The molecule has 0 aromatic rings. The Morgan fingerprint density at radius 3 is 1.25 bits per heavy atom. The minimum absolute atomic E-state index is 0. The summed E-state index contributed by atoms with van der Waals surface area (Å²) in [4.78, 5) is 0. The van der Waals surface area contributed by atoms with Crippen LogP contribution >= 0.6 is 0 Å². The summed E-state index contributed by atoms with van der Waals surface area (Å²) in [6, 6.07) is 0. The molecule has 0 spiro atoms. The van der Waals surface area contributed by atoms with E-state index >= 15 is 0 Å². The molecule has 0 fully saturated rings. The molecule has 0 aliphatic carbocycles. The Labute approximate surface area is 76.0 Å².